The fraction of sp³-hybridized carbons (Fsp3) is 0.263. The Balaban J connectivity index is 1.68. The molecule has 0 radical (unpaired) electrons. The quantitative estimate of drug-likeness (QED) is 0.844. The van der Waals surface area contributed by atoms with Gasteiger partial charge in [0, 0.05) is 35.9 Å². The Morgan fingerprint density at radius 1 is 1.12 bits per heavy atom. The van der Waals surface area contributed by atoms with Gasteiger partial charge in [0.15, 0.2) is 0 Å². The number of nitrogens with zero attached hydrogens (tertiary/aromatic N) is 1. The number of fused-ring (bicyclic) bond motifs is 2. The minimum absolute atomic E-state index is 0.0255. The monoisotopic (exact) mass is 321 g/mol. The number of para-hydroxylation sites is 1. The lowest BCUT2D eigenvalue weighted by molar-refractivity contribution is -0.116. The molecule has 2 amide bonds. The van der Waals surface area contributed by atoms with Crippen molar-refractivity contribution in [2.75, 3.05) is 16.8 Å². The second kappa shape index (κ2) is 5.76. The lowest BCUT2D eigenvalue weighted by Gasteiger charge is -2.33. The zero-order chi connectivity index (χ0) is 16.7. The molecule has 2 aliphatic heterocycles. The van der Waals surface area contributed by atoms with Gasteiger partial charge in [0.25, 0.3) is 5.91 Å². The van der Waals surface area contributed by atoms with Crippen LogP contribution in [0, 0.1) is 0 Å². The molecule has 2 aromatic rings. The van der Waals surface area contributed by atoms with Crippen LogP contribution in [-0.2, 0) is 17.6 Å². The van der Waals surface area contributed by atoms with E-state index in [-0.39, 0.29) is 17.9 Å². The first-order valence-corrected chi connectivity index (χ1v) is 8.20. The van der Waals surface area contributed by atoms with Gasteiger partial charge < -0.3 is 16.0 Å². The van der Waals surface area contributed by atoms with Crippen molar-refractivity contribution in [3.63, 3.8) is 0 Å². The van der Waals surface area contributed by atoms with E-state index in [9.17, 15) is 9.59 Å². The first-order valence-electron chi connectivity index (χ1n) is 8.20. The number of carbonyl (C=O) groups excluding carboxylic acids is 2. The maximum Gasteiger partial charge on any atom is 0.258 e. The first-order chi connectivity index (χ1) is 11.6. The van der Waals surface area contributed by atoms with Gasteiger partial charge in [-0.1, -0.05) is 18.2 Å². The predicted molar refractivity (Wildman–Crippen MR) is 93.2 cm³/mol. The van der Waals surface area contributed by atoms with Crippen LogP contribution in [0.25, 0.3) is 0 Å². The summed E-state index contributed by atoms with van der Waals surface area (Å²) in [5.41, 5.74) is 10.6. The highest BCUT2D eigenvalue weighted by atomic mass is 16.2. The Morgan fingerprint density at radius 2 is 1.96 bits per heavy atom. The van der Waals surface area contributed by atoms with Crippen molar-refractivity contribution < 1.29 is 9.59 Å². The van der Waals surface area contributed by atoms with Crippen LogP contribution in [-0.4, -0.2) is 24.4 Å². The Morgan fingerprint density at radius 3 is 2.83 bits per heavy atom. The number of amides is 2. The summed E-state index contributed by atoms with van der Waals surface area (Å²) in [5.74, 6) is -0.0187. The summed E-state index contributed by atoms with van der Waals surface area (Å²) in [7, 11) is 0. The Kier molecular flexibility index (Phi) is 3.58. The molecule has 0 fully saturated rings. The lowest BCUT2D eigenvalue weighted by Crippen LogP contribution is -2.46. The summed E-state index contributed by atoms with van der Waals surface area (Å²) in [6, 6.07) is 13.3. The van der Waals surface area contributed by atoms with E-state index in [1.165, 1.54) is 0 Å². The highest BCUT2D eigenvalue weighted by molar-refractivity contribution is 6.07. The summed E-state index contributed by atoms with van der Waals surface area (Å²) >= 11 is 0. The average molecular weight is 321 g/mol. The smallest absolute Gasteiger partial charge is 0.258 e. The average Bonchev–Trinajstić information content (AvgIpc) is 2.60. The van der Waals surface area contributed by atoms with Crippen LogP contribution in [0.3, 0.4) is 0 Å². The third-order valence-corrected chi connectivity index (χ3v) is 4.67. The molecule has 5 heteroatoms. The molecule has 0 saturated carbocycles. The number of nitrogens with two attached hydrogens (primary N) is 1. The van der Waals surface area contributed by atoms with Gasteiger partial charge in [-0.3, -0.25) is 9.59 Å². The minimum atomic E-state index is -0.0548. The van der Waals surface area contributed by atoms with Crippen LogP contribution in [0.1, 0.15) is 27.9 Å². The number of rotatable bonds is 1. The van der Waals surface area contributed by atoms with Crippen molar-refractivity contribution in [1.29, 1.82) is 0 Å². The van der Waals surface area contributed by atoms with Gasteiger partial charge in [0.1, 0.15) is 0 Å². The highest BCUT2D eigenvalue weighted by Gasteiger charge is 2.28. The lowest BCUT2D eigenvalue weighted by atomic mass is 9.96. The number of aryl methyl sites for hydroxylation is 1. The minimum Gasteiger partial charge on any atom is -0.326 e. The third-order valence-electron chi connectivity index (χ3n) is 4.67. The first kappa shape index (κ1) is 14.9. The van der Waals surface area contributed by atoms with Crippen molar-refractivity contribution >= 4 is 23.2 Å². The van der Waals surface area contributed by atoms with Crippen LogP contribution in [0.4, 0.5) is 11.4 Å². The summed E-state index contributed by atoms with van der Waals surface area (Å²) in [5, 5.41) is 2.84. The Hall–Kier alpha value is -2.66. The summed E-state index contributed by atoms with van der Waals surface area (Å²) < 4.78 is 0. The van der Waals surface area contributed by atoms with Crippen molar-refractivity contribution in [3.05, 3.63) is 59.2 Å². The number of hydrogen-bond acceptors (Lipinski definition) is 3. The SMILES string of the molecule is NC1Cc2ccccc2N(C(=O)c2ccc3c(c2)CCC(=O)N3)C1. The van der Waals surface area contributed by atoms with Crippen LogP contribution in [0.15, 0.2) is 42.5 Å². The number of nitrogens with one attached hydrogen (secondary N) is 1. The molecule has 0 bridgehead atoms. The van der Waals surface area contributed by atoms with Crippen LogP contribution in [0.5, 0.6) is 0 Å². The van der Waals surface area contributed by atoms with Gasteiger partial charge in [0.2, 0.25) is 5.91 Å². The molecule has 0 spiro atoms. The van der Waals surface area contributed by atoms with Crippen molar-refractivity contribution in [2.24, 2.45) is 5.73 Å². The van der Waals surface area contributed by atoms with E-state index in [1.54, 1.807) is 11.0 Å². The fourth-order valence-electron chi connectivity index (χ4n) is 3.49. The summed E-state index contributed by atoms with van der Waals surface area (Å²) in [6.45, 7) is 0.518. The fourth-order valence-corrected chi connectivity index (χ4v) is 3.49. The molecule has 0 aliphatic carbocycles. The zero-order valence-electron chi connectivity index (χ0n) is 13.3. The largest absolute Gasteiger partial charge is 0.326 e. The number of benzene rings is 2. The van der Waals surface area contributed by atoms with Gasteiger partial charge in [0.05, 0.1) is 0 Å². The number of hydrogen-bond donors (Lipinski definition) is 2. The van der Waals surface area contributed by atoms with Crippen LogP contribution >= 0.6 is 0 Å². The predicted octanol–water partition coefficient (Wildman–Crippen LogP) is 2.10. The maximum atomic E-state index is 13.0. The molecule has 5 nitrogen and oxygen atoms in total. The molecule has 122 valence electrons. The van der Waals surface area contributed by atoms with E-state index in [0.29, 0.717) is 24.9 Å². The molecule has 2 aromatic carbocycles. The van der Waals surface area contributed by atoms with Crippen LogP contribution < -0.4 is 16.0 Å². The molecule has 4 rings (SSSR count). The highest BCUT2D eigenvalue weighted by Crippen LogP contribution is 2.29. The van der Waals surface area contributed by atoms with Crippen molar-refractivity contribution in [3.8, 4) is 0 Å². The second-order valence-corrected chi connectivity index (χ2v) is 6.43. The van der Waals surface area contributed by atoms with E-state index < -0.39 is 0 Å². The summed E-state index contributed by atoms with van der Waals surface area (Å²) in [6.07, 6.45) is 1.91. The molecule has 2 heterocycles. The van der Waals surface area contributed by atoms with Gasteiger partial charge in [-0.15, -0.1) is 0 Å². The van der Waals surface area contributed by atoms with Gasteiger partial charge >= 0.3 is 0 Å². The van der Waals surface area contributed by atoms with Crippen molar-refractivity contribution in [1.82, 2.24) is 0 Å². The third kappa shape index (κ3) is 2.57. The van der Waals surface area contributed by atoms with E-state index in [0.717, 1.165) is 28.9 Å². The molecular formula is C19H19N3O2. The number of anilines is 2. The maximum absolute atomic E-state index is 13.0. The molecule has 3 N–H and O–H groups in total. The Labute approximate surface area is 140 Å². The van der Waals surface area contributed by atoms with Gasteiger partial charge in [-0.25, -0.2) is 0 Å². The standard InChI is InChI=1S/C19H19N3O2/c20-15-10-13-3-1-2-4-17(13)22(11-15)19(24)14-5-7-16-12(9-14)6-8-18(23)21-16/h1-5,7,9,15H,6,8,10-11,20H2,(H,21,23). The molecule has 24 heavy (non-hydrogen) atoms. The molecule has 0 saturated heterocycles. The van der Waals surface area contributed by atoms with Crippen molar-refractivity contribution in [2.45, 2.75) is 25.3 Å². The number of carbonyl (C=O) groups is 2. The molecule has 0 aromatic heterocycles. The molecule has 1 atom stereocenters. The van der Waals surface area contributed by atoms with Gasteiger partial charge in [-0.05, 0) is 48.2 Å². The summed E-state index contributed by atoms with van der Waals surface area (Å²) in [4.78, 5) is 26.3. The van der Waals surface area contributed by atoms with E-state index >= 15 is 0 Å². The van der Waals surface area contributed by atoms with Gasteiger partial charge in [-0.2, -0.15) is 0 Å². The second-order valence-electron chi connectivity index (χ2n) is 6.43. The van der Waals surface area contributed by atoms with E-state index in [2.05, 4.69) is 5.32 Å². The molecule has 2 aliphatic rings. The van der Waals surface area contributed by atoms with Crippen LogP contribution in [0.2, 0.25) is 0 Å². The Bertz CT molecular complexity index is 831. The normalized spacial score (nSPS) is 19.3. The molecule has 1 unspecified atom stereocenters. The van der Waals surface area contributed by atoms with E-state index in [4.69, 9.17) is 5.73 Å². The topological polar surface area (TPSA) is 75.4 Å². The van der Waals surface area contributed by atoms with E-state index in [1.807, 2.05) is 36.4 Å². The zero-order valence-corrected chi connectivity index (χ0v) is 13.3. The molecular weight excluding hydrogens is 302 g/mol.